The van der Waals surface area contributed by atoms with E-state index >= 15 is 0 Å². The fourth-order valence-corrected chi connectivity index (χ4v) is 3.86. The second-order valence-corrected chi connectivity index (χ2v) is 7.39. The molecule has 1 N–H and O–H groups in total. The zero-order chi connectivity index (χ0) is 16.2. The van der Waals surface area contributed by atoms with Gasteiger partial charge >= 0.3 is 0 Å². The minimum Gasteiger partial charge on any atom is -0.488 e. The molecule has 2 aliphatic rings. The van der Waals surface area contributed by atoms with E-state index in [0.717, 1.165) is 0 Å². The van der Waals surface area contributed by atoms with Gasteiger partial charge in [0.1, 0.15) is 5.60 Å². The van der Waals surface area contributed by atoms with Crippen LogP contribution in [-0.2, 0) is 14.3 Å². The highest BCUT2D eigenvalue weighted by Gasteiger charge is 2.71. The Balaban J connectivity index is 2.58. The minimum absolute atomic E-state index is 0.0477. The third-order valence-corrected chi connectivity index (χ3v) is 5.05. The van der Waals surface area contributed by atoms with Crippen molar-refractivity contribution in [2.24, 2.45) is 17.3 Å². The van der Waals surface area contributed by atoms with Gasteiger partial charge in [0, 0.05) is 0 Å². The van der Waals surface area contributed by atoms with Crippen LogP contribution in [0.3, 0.4) is 0 Å². The molecule has 0 heterocycles. The van der Waals surface area contributed by atoms with Gasteiger partial charge in [0.25, 0.3) is 0 Å². The van der Waals surface area contributed by atoms with E-state index in [9.17, 15) is 9.90 Å². The first-order valence-electron chi connectivity index (χ1n) is 7.91. The van der Waals surface area contributed by atoms with Crippen molar-refractivity contribution in [1.82, 2.24) is 0 Å². The summed E-state index contributed by atoms with van der Waals surface area (Å²) in [5, 5.41) is 11.4. The minimum atomic E-state index is -1.27. The van der Waals surface area contributed by atoms with Crippen LogP contribution in [0.15, 0.2) is 11.5 Å². The van der Waals surface area contributed by atoms with Crippen molar-refractivity contribution in [3.05, 3.63) is 11.5 Å². The van der Waals surface area contributed by atoms with Gasteiger partial charge in [-0.05, 0) is 52.9 Å². The molecule has 1 fully saturated rings. The summed E-state index contributed by atoms with van der Waals surface area (Å²) >= 11 is 0. The maximum Gasteiger partial charge on any atom is 0.210 e. The Labute approximate surface area is 127 Å². The van der Waals surface area contributed by atoms with E-state index in [2.05, 4.69) is 6.92 Å². The van der Waals surface area contributed by atoms with Crippen LogP contribution < -0.4 is 0 Å². The highest BCUT2D eigenvalue weighted by molar-refractivity contribution is 6.03. The van der Waals surface area contributed by atoms with Crippen molar-refractivity contribution in [3.8, 4) is 0 Å². The Morgan fingerprint density at radius 2 is 1.67 bits per heavy atom. The summed E-state index contributed by atoms with van der Waals surface area (Å²) in [5.74, 6) is 0.660. The van der Waals surface area contributed by atoms with Crippen LogP contribution in [-0.4, -0.2) is 28.7 Å². The molecule has 0 bridgehead atoms. The van der Waals surface area contributed by atoms with E-state index in [-0.39, 0.29) is 35.6 Å². The largest absolute Gasteiger partial charge is 0.488 e. The second-order valence-electron chi connectivity index (χ2n) is 7.39. The van der Waals surface area contributed by atoms with Gasteiger partial charge in [-0.15, -0.1) is 0 Å². The molecule has 0 radical (unpaired) electrons. The molecule has 4 nitrogen and oxygen atoms in total. The lowest BCUT2D eigenvalue weighted by Crippen LogP contribution is -2.48. The molecule has 4 atom stereocenters. The summed E-state index contributed by atoms with van der Waals surface area (Å²) in [6.45, 7) is 13.5. The normalized spacial score (nSPS) is 39.4. The zero-order valence-electron chi connectivity index (χ0n) is 14.2. The van der Waals surface area contributed by atoms with Gasteiger partial charge in [0.15, 0.2) is 5.76 Å². The topological polar surface area (TPSA) is 55.8 Å². The van der Waals surface area contributed by atoms with Gasteiger partial charge in [-0.25, -0.2) is 0 Å². The summed E-state index contributed by atoms with van der Waals surface area (Å²) in [4.78, 5) is 12.9. The summed E-state index contributed by atoms with van der Waals surface area (Å²) in [6, 6.07) is 0. The van der Waals surface area contributed by atoms with Crippen molar-refractivity contribution in [3.63, 3.8) is 0 Å². The fourth-order valence-electron chi connectivity index (χ4n) is 3.86. The summed E-state index contributed by atoms with van der Waals surface area (Å²) < 4.78 is 11.6. The van der Waals surface area contributed by atoms with Gasteiger partial charge in [-0.3, -0.25) is 4.79 Å². The number of aliphatic hydroxyl groups is 1. The average Bonchev–Trinajstić information content (AvgIpc) is 2.62. The molecule has 0 spiro atoms. The Kier molecular flexibility index (Phi) is 3.90. The first-order valence-corrected chi connectivity index (χ1v) is 7.91. The number of hydrogen-bond donors (Lipinski definition) is 1. The van der Waals surface area contributed by atoms with Crippen molar-refractivity contribution < 1.29 is 19.4 Å². The highest BCUT2D eigenvalue weighted by Crippen LogP contribution is 2.62. The summed E-state index contributed by atoms with van der Waals surface area (Å²) in [5.41, 5.74) is -2.11. The van der Waals surface area contributed by atoms with Crippen molar-refractivity contribution in [1.29, 1.82) is 0 Å². The third-order valence-electron chi connectivity index (χ3n) is 5.05. The lowest BCUT2D eigenvalue weighted by atomic mass is 9.74. The number of rotatable bonds is 4. The maximum absolute atomic E-state index is 12.9. The molecule has 2 rings (SSSR count). The van der Waals surface area contributed by atoms with Crippen molar-refractivity contribution in [2.45, 2.75) is 72.7 Å². The number of allylic oxidation sites excluding steroid dienone is 1. The van der Waals surface area contributed by atoms with E-state index in [1.165, 1.54) is 0 Å². The molecule has 0 aliphatic heterocycles. The average molecular weight is 296 g/mol. The second kappa shape index (κ2) is 5.01. The Hall–Kier alpha value is -1.03. The predicted molar refractivity (Wildman–Crippen MR) is 80.5 cm³/mol. The van der Waals surface area contributed by atoms with Crippen molar-refractivity contribution in [2.75, 3.05) is 0 Å². The van der Waals surface area contributed by atoms with E-state index in [1.807, 2.05) is 41.5 Å². The van der Waals surface area contributed by atoms with Gasteiger partial charge in [-0.1, -0.05) is 13.8 Å². The molecular formula is C17H28O4. The monoisotopic (exact) mass is 296 g/mol. The van der Waals surface area contributed by atoms with E-state index in [4.69, 9.17) is 9.47 Å². The Bertz CT molecular complexity index is 479. The molecule has 0 aromatic heterocycles. The molecule has 0 saturated heterocycles. The van der Waals surface area contributed by atoms with Crippen LogP contribution in [0.4, 0.5) is 0 Å². The number of Topliss-reactive ketones (excluding diaryl/α,β-unsaturated/α-hetero) is 1. The maximum atomic E-state index is 12.9. The number of hydrogen-bond acceptors (Lipinski definition) is 4. The number of carbonyl (C=O) groups excluding carboxylic acids is 1. The first kappa shape index (κ1) is 16.3. The van der Waals surface area contributed by atoms with Gasteiger partial charge in [0.2, 0.25) is 11.5 Å². The standard InChI is InChI=1S/C17H28O4/c1-9(2)20-13-14(18)16(7)8-11(5)12(6)17(16,19)15(13)21-10(3)4/h9-12,19H,8H2,1-7H3/t11-,12-,16-,17-/m1/s1. The fraction of sp³-hybridized carbons (Fsp3) is 0.824. The van der Waals surface area contributed by atoms with E-state index in [0.29, 0.717) is 12.2 Å². The number of carbonyl (C=O) groups is 1. The molecule has 0 aromatic carbocycles. The van der Waals surface area contributed by atoms with E-state index < -0.39 is 11.0 Å². The van der Waals surface area contributed by atoms with Crippen LogP contribution in [0.1, 0.15) is 54.9 Å². The smallest absolute Gasteiger partial charge is 0.210 e. The Morgan fingerprint density at radius 1 is 1.14 bits per heavy atom. The summed E-state index contributed by atoms with van der Waals surface area (Å²) in [6.07, 6.45) is 0.404. The quantitative estimate of drug-likeness (QED) is 0.866. The lowest BCUT2D eigenvalue weighted by Gasteiger charge is -2.36. The third kappa shape index (κ3) is 2.10. The van der Waals surface area contributed by atoms with Crippen LogP contribution in [0.25, 0.3) is 0 Å². The number of fused-ring (bicyclic) bond motifs is 1. The number of ether oxygens (including phenoxy) is 2. The van der Waals surface area contributed by atoms with Crippen LogP contribution in [0.5, 0.6) is 0 Å². The van der Waals surface area contributed by atoms with Crippen LogP contribution in [0, 0.1) is 17.3 Å². The van der Waals surface area contributed by atoms with Gasteiger partial charge < -0.3 is 14.6 Å². The molecule has 0 amide bonds. The SMILES string of the molecule is CC(C)OC1=C(OC(C)C)[C@]2(O)[C@H](C)[C@H](C)C[C@]2(C)C1=O. The van der Waals surface area contributed by atoms with Gasteiger partial charge in [0.05, 0.1) is 17.6 Å². The Morgan fingerprint density at radius 3 is 2.14 bits per heavy atom. The molecule has 1 saturated carbocycles. The lowest BCUT2D eigenvalue weighted by molar-refractivity contribution is -0.137. The first-order chi connectivity index (χ1) is 9.55. The zero-order valence-corrected chi connectivity index (χ0v) is 14.2. The van der Waals surface area contributed by atoms with Gasteiger partial charge in [-0.2, -0.15) is 0 Å². The molecule has 120 valence electrons. The molecule has 21 heavy (non-hydrogen) atoms. The van der Waals surface area contributed by atoms with Crippen molar-refractivity contribution >= 4 is 5.78 Å². The molecule has 2 aliphatic carbocycles. The number of ketones is 1. The molecule has 0 aromatic rings. The predicted octanol–water partition coefficient (Wildman–Crippen LogP) is 3.04. The highest BCUT2D eigenvalue weighted by atomic mass is 16.5. The summed E-state index contributed by atoms with van der Waals surface area (Å²) in [7, 11) is 0. The van der Waals surface area contributed by atoms with E-state index in [1.54, 1.807) is 0 Å². The van der Waals surface area contributed by atoms with Crippen LogP contribution >= 0.6 is 0 Å². The molecule has 0 unspecified atom stereocenters. The van der Waals surface area contributed by atoms with Crippen LogP contribution in [0.2, 0.25) is 0 Å². The molecular weight excluding hydrogens is 268 g/mol. The molecule has 4 heteroatoms.